The molecule has 0 atom stereocenters. The van der Waals surface area contributed by atoms with Crippen LogP contribution in [0.5, 0.6) is 0 Å². The third kappa shape index (κ3) is 11.0. The zero-order valence-electron chi connectivity index (χ0n) is 16.5. The summed E-state index contributed by atoms with van der Waals surface area (Å²) in [7, 11) is 0. The molecule has 0 unspecified atom stereocenters. The van der Waals surface area contributed by atoms with E-state index in [1.54, 1.807) is 0 Å². The number of ether oxygens (including phenoxy) is 1. The second kappa shape index (κ2) is 15.0. The van der Waals surface area contributed by atoms with E-state index in [1.807, 2.05) is 12.1 Å². The lowest BCUT2D eigenvalue weighted by Gasteiger charge is -2.06. The Labute approximate surface area is 155 Å². The Balaban J connectivity index is 2.14. The predicted molar refractivity (Wildman–Crippen MR) is 107 cm³/mol. The molecule has 0 aliphatic rings. The first-order valence-corrected chi connectivity index (χ1v) is 10.5. The number of hydrogen-bond acceptors (Lipinski definition) is 2. The normalized spacial score (nSPS) is 10.8. The standard InChI is InChI=1S/C23H38O2/c1-3-5-7-9-11-13-15-21-16-18-22(19-17-21)23(24)25-20-14-12-10-8-6-4-2/h16-19H,3-15,20H2,1-2H3. The number of esters is 1. The van der Waals surface area contributed by atoms with Crippen molar-refractivity contribution in [1.29, 1.82) is 0 Å². The van der Waals surface area contributed by atoms with Crippen LogP contribution in [-0.4, -0.2) is 12.6 Å². The zero-order valence-corrected chi connectivity index (χ0v) is 16.5. The highest BCUT2D eigenvalue weighted by Gasteiger charge is 2.06. The number of aryl methyl sites for hydroxylation is 1. The molecule has 2 nitrogen and oxygen atoms in total. The first-order valence-electron chi connectivity index (χ1n) is 10.5. The zero-order chi connectivity index (χ0) is 18.2. The second-order valence-electron chi connectivity index (χ2n) is 7.12. The summed E-state index contributed by atoms with van der Waals surface area (Å²) in [5, 5.41) is 0. The molecule has 0 aromatic heterocycles. The molecule has 25 heavy (non-hydrogen) atoms. The van der Waals surface area contributed by atoms with E-state index in [2.05, 4.69) is 26.0 Å². The van der Waals surface area contributed by atoms with Gasteiger partial charge in [-0.15, -0.1) is 0 Å². The molecule has 1 aromatic rings. The molecule has 1 aromatic carbocycles. The fourth-order valence-electron chi connectivity index (χ4n) is 3.05. The maximum atomic E-state index is 12.0. The van der Waals surface area contributed by atoms with Crippen molar-refractivity contribution in [2.24, 2.45) is 0 Å². The van der Waals surface area contributed by atoms with E-state index in [-0.39, 0.29) is 5.97 Å². The van der Waals surface area contributed by atoms with Crippen molar-refractivity contribution in [1.82, 2.24) is 0 Å². The fourth-order valence-corrected chi connectivity index (χ4v) is 3.05. The molecule has 0 heterocycles. The van der Waals surface area contributed by atoms with Crippen LogP contribution >= 0.6 is 0 Å². The van der Waals surface area contributed by atoms with Crippen molar-refractivity contribution in [3.63, 3.8) is 0 Å². The third-order valence-corrected chi connectivity index (χ3v) is 4.74. The largest absolute Gasteiger partial charge is 0.462 e. The summed E-state index contributed by atoms with van der Waals surface area (Å²) in [6, 6.07) is 7.98. The Hall–Kier alpha value is -1.31. The Bertz CT molecular complexity index is 436. The van der Waals surface area contributed by atoms with Crippen molar-refractivity contribution in [3.05, 3.63) is 35.4 Å². The van der Waals surface area contributed by atoms with Gasteiger partial charge in [-0.3, -0.25) is 0 Å². The molecule has 0 spiro atoms. The number of rotatable bonds is 15. The lowest BCUT2D eigenvalue weighted by molar-refractivity contribution is 0.0497. The molecule has 0 saturated carbocycles. The third-order valence-electron chi connectivity index (χ3n) is 4.74. The molecular formula is C23H38O2. The highest BCUT2D eigenvalue weighted by atomic mass is 16.5. The molecule has 0 amide bonds. The molecule has 1 rings (SSSR count). The van der Waals surface area contributed by atoms with E-state index in [9.17, 15) is 4.79 Å². The highest BCUT2D eigenvalue weighted by molar-refractivity contribution is 5.89. The van der Waals surface area contributed by atoms with Gasteiger partial charge in [-0.1, -0.05) is 90.2 Å². The number of benzene rings is 1. The lowest BCUT2D eigenvalue weighted by Crippen LogP contribution is -2.06. The number of carbonyl (C=O) groups is 1. The van der Waals surface area contributed by atoms with Gasteiger partial charge in [0.25, 0.3) is 0 Å². The van der Waals surface area contributed by atoms with E-state index in [1.165, 1.54) is 69.8 Å². The Morgan fingerprint density at radius 1 is 0.720 bits per heavy atom. The van der Waals surface area contributed by atoms with Crippen LogP contribution in [0.1, 0.15) is 107 Å². The van der Waals surface area contributed by atoms with E-state index in [4.69, 9.17) is 4.74 Å². The summed E-state index contributed by atoms with van der Waals surface area (Å²) in [6.45, 7) is 5.02. The van der Waals surface area contributed by atoms with Crippen LogP contribution in [0, 0.1) is 0 Å². The number of carbonyl (C=O) groups excluding carboxylic acids is 1. The van der Waals surface area contributed by atoms with Crippen molar-refractivity contribution in [3.8, 4) is 0 Å². The van der Waals surface area contributed by atoms with Gasteiger partial charge in [0.15, 0.2) is 0 Å². The van der Waals surface area contributed by atoms with Gasteiger partial charge in [0.05, 0.1) is 12.2 Å². The molecule has 2 heteroatoms. The van der Waals surface area contributed by atoms with Gasteiger partial charge < -0.3 is 4.74 Å². The van der Waals surface area contributed by atoms with Gasteiger partial charge in [0.2, 0.25) is 0 Å². The summed E-state index contributed by atoms with van der Waals surface area (Å²) in [6.07, 6.45) is 16.3. The van der Waals surface area contributed by atoms with Crippen LogP contribution in [0.3, 0.4) is 0 Å². The van der Waals surface area contributed by atoms with Crippen LogP contribution < -0.4 is 0 Å². The SMILES string of the molecule is CCCCCCCCOC(=O)c1ccc(CCCCCCCC)cc1. The highest BCUT2D eigenvalue weighted by Crippen LogP contribution is 2.12. The summed E-state index contributed by atoms with van der Waals surface area (Å²) < 4.78 is 5.37. The van der Waals surface area contributed by atoms with Crippen LogP contribution in [-0.2, 0) is 11.2 Å². The van der Waals surface area contributed by atoms with Gasteiger partial charge in [0.1, 0.15) is 0 Å². The molecule has 0 bridgehead atoms. The monoisotopic (exact) mass is 346 g/mol. The van der Waals surface area contributed by atoms with Gasteiger partial charge in [0, 0.05) is 0 Å². The first-order chi connectivity index (χ1) is 12.3. The summed E-state index contributed by atoms with van der Waals surface area (Å²) in [5.74, 6) is -0.181. The van der Waals surface area contributed by atoms with Gasteiger partial charge in [-0.05, 0) is 37.0 Å². The second-order valence-corrected chi connectivity index (χ2v) is 7.12. The lowest BCUT2D eigenvalue weighted by atomic mass is 10.0. The molecular weight excluding hydrogens is 308 g/mol. The van der Waals surface area contributed by atoms with E-state index in [0.29, 0.717) is 12.2 Å². The van der Waals surface area contributed by atoms with Gasteiger partial charge in [-0.25, -0.2) is 4.79 Å². The van der Waals surface area contributed by atoms with Crippen molar-refractivity contribution < 1.29 is 9.53 Å². The summed E-state index contributed by atoms with van der Waals surface area (Å²) in [5.41, 5.74) is 2.00. The van der Waals surface area contributed by atoms with Crippen LogP contribution in [0.15, 0.2) is 24.3 Å². The minimum atomic E-state index is -0.181. The van der Waals surface area contributed by atoms with Crippen molar-refractivity contribution in [2.75, 3.05) is 6.61 Å². The molecule has 142 valence electrons. The van der Waals surface area contributed by atoms with E-state index >= 15 is 0 Å². The van der Waals surface area contributed by atoms with E-state index < -0.39 is 0 Å². The maximum absolute atomic E-state index is 12.0. The van der Waals surface area contributed by atoms with Gasteiger partial charge >= 0.3 is 5.97 Å². The smallest absolute Gasteiger partial charge is 0.338 e. The summed E-state index contributed by atoms with van der Waals surface area (Å²) in [4.78, 5) is 12.0. The quantitative estimate of drug-likeness (QED) is 0.250. The van der Waals surface area contributed by atoms with Crippen LogP contribution in [0.2, 0.25) is 0 Å². The molecule has 0 N–H and O–H groups in total. The van der Waals surface area contributed by atoms with Crippen LogP contribution in [0.4, 0.5) is 0 Å². The topological polar surface area (TPSA) is 26.3 Å². The summed E-state index contributed by atoms with van der Waals surface area (Å²) >= 11 is 0. The molecule has 0 aliphatic heterocycles. The molecule has 0 fully saturated rings. The van der Waals surface area contributed by atoms with Gasteiger partial charge in [-0.2, -0.15) is 0 Å². The van der Waals surface area contributed by atoms with Crippen LogP contribution in [0.25, 0.3) is 0 Å². The van der Waals surface area contributed by atoms with Crippen molar-refractivity contribution in [2.45, 2.75) is 97.3 Å². The Morgan fingerprint density at radius 3 is 1.84 bits per heavy atom. The molecule has 0 saturated heterocycles. The predicted octanol–water partition coefficient (Wildman–Crippen LogP) is 7.11. The number of hydrogen-bond donors (Lipinski definition) is 0. The minimum Gasteiger partial charge on any atom is -0.462 e. The minimum absolute atomic E-state index is 0.181. The molecule has 0 radical (unpaired) electrons. The average Bonchev–Trinajstić information content (AvgIpc) is 2.64. The average molecular weight is 347 g/mol. The van der Waals surface area contributed by atoms with Crippen molar-refractivity contribution >= 4 is 5.97 Å². The molecule has 0 aliphatic carbocycles. The Morgan fingerprint density at radius 2 is 1.24 bits per heavy atom. The number of unbranched alkanes of at least 4 members (excludes halogenated alkanes) is 10. The van der Waals surface area contributed by atoms with E-state index in [0.717, 1.165) is 19.3 Å². The fraction of sp³-hybridized carbons (Fsp3) is 0.696. The Kier molecular flexibility index (Phi) is 13.0. The first kappa shape index (κ1) is 21.7. The maximum Gasteiger partial charge on any atom is 0.338 e.